The molecular weight excluding hydrogens is 222 g/mol. The molecule has 2 unspecified atom stereocenters. The van der Waals surface area contributed by atoms with Crippen LogP contribution < -0.4 is 5.32 Å². The third kappa shape index (κ3) is 4.26. The molecule has 5 nitrogen and oxygen atoms in total. The maximum Gasteiger partial charge on any atom is 0.338 e. The first-order valence-corrected chi connectivity index (χ1v) is 5.95. The molecule has 0 aromatic heterocycles. The summed E-state index contributed by atoms with van der Waals surface area (Å²) in [5.74, 6) is -0.615. The fourth-order valence-corrected chi connectivity index (χ4v) is 2.04. The fourth-order valence-electron chi connectivity index (χ4n) is 2.04. The summed E-state index contributed by atoms with van der Waals surface area (Å²) in [7, 11) is 1.27. The topological polar surface area (TPSA) is 67.8 Å². The standard InChI is InChI=1S/C12H23NO4/c1-11(2)7-9(5-6-17-11)13-8-12(3,15)10(14)16-4/h9,13,15H,5-8H2,1-4H3. The van der Waals surface area contributed by atoms with Crippen LogP contribution in [0.1, 0.15) is 33.6 Å². The van der Waals surface area contributed by atoms with E-state index in [0.29, 0.717) is 6.61 Å². The predicted molar refractivity (Wildman–Crippen MR) is 63.7 cm³/mol. The smallest absolute Gasteiger partial charge is 0.338 e. The molecule has 1 fully saturated rings. The van der Waals surface area contributed by atoms with Crippen molar-refractivity contribution in [3.8, 4) is 0 Å². The summed E-state index contributed by atoms with van der Waals surface area (Å²) in [5, 5.41) is 13.1. The summed E-state index contributed by atoms with van der Waals surface area (Å²) < 4.78 is 10.1. The van der Waals surface area contributed by atoms with Gasteiger partial charge in [-0.3, -0.25) is 0 Å². The monoisotopic (exact) mass is 245 g/mol. The van der Waals surface area contributed by atoms with E-state index in [4.69, 9.17) is 4.74 Å². The van der Waals surface area contributed by atoms with Crippen LogP contribution in [-0.4, -0.2) is 48.6 Å². The summed E-state index contributed by atoms with van der Waals surface area (Å²) in [6, 6.07) is 0.259. The molecule has 2 atom stereocenters. The number of carbonyl (C=O) groups is 1. The van der Waals surface area contributed by atoms with Gasteiger partial charge in [-0.1, -0.05) is 0 Å². The Morgan fingerprint density at radius 3 is 2.82 bits per heavy atom. The first-order chi connectivity index (χ1) is 7.77. The van der Waals surface area contributed by atoms with Crippen LogP contribution in [0, 0.1) is 0 Å². The van der Waals surface area contributed by atoms with E-state index in [0.717, 1.165) is 12.8 Å². The number of aliphatic hydroxyl groups is 1. The molecule has 5 heteroatoms. The van der Waals surface area contributed by atoms with Crippen LogP contribution in [0.4, 0.5) is 0 Å². The van der Waals surface area contributed by atoms with Gasteiger partial charge in [0.25, 0.3) is 0 Å². The number of esters is 1. The van der Waals surface area contributed by atoms with Gasteiger partial charge in [0.2, 0.25) is 0 Å². The van der Waals surface area contributed by atoms with Crippen LogP contribution in [0.5, 0.6) is 0 Å². The Morgan fingerprint density at radius 2 is 2.29 bits per heavy atom. The van der Waals surface area contributed by atoms with Gasteiger partial charge in [0, 0.05) is 19.2 Å². The Bertz CT molecular complexity index is 276. The molecule has 17 heavy (non-hydrogen) atoms. The molecule has 0 spiro atoms. The summed E-state index contributed by atoms with van der Waals surface area (Å²) in [6.45, 7) is 6.43. The Labute approximate surface area is 102 Å². The van der Waals surface area contributed by atoms with Crippen molar-refractivity contribution in [3.05, 3.63) is 0 Å². The lowest BCUT2D eigenvalue weighted by Crippen LogP contribution is -2.51. The molecule has 1 saturated heterocycles. The highest BCUT2D eigenvalue weighted by atomic mass is 16.5. The highest BCUT2D eigenvalue weighted by molar-refractivity contribution is 5.78. The lowest BCUT2D eigenvalue weighted by atomic mass is 9.93. The van der Waals surface area contributed by atoms with E-state index in [9.17, 15) is 9.90 Å². The van der Waals surface area contributed by atoms with E-state index in [1.807, 2.05) is 13.8 Å². The molecule has 1 aliphatic rings. The van der Waals surface area contributed by atoms with Crippen LogP contribution >= 0.6 is 0 Å². The normalized spacial score (nSPS) is 27.2. The van der Waals surface area contributed by atoms with Crippen molar-refractivity contribution in [2.75, 3.05) is 20.3 Å². The second-order valence-corrected chi connectivity index (χ2v) is 5.44. The number of hydrogen-bond donors (Lipinski definition) is 2. The largest absolute Gasteiger partial charge is 0.467 e. The summed E-state index contributed by atoms with van der Waals surface area (Å²) >= 11 is 0. The predicted octanol–water partition coefficient (Wildman–Crippen LogP) is 0.458. The minimum Gasteiger partial charge on any atom is -0.467 e. The molecule has 0 bridgehead atoms. The van der Waals surface area contributed by atoms with E-state index < -0.39 is 11.6 Å². The minimum absolute atomic E-state index is 0.146. The molecule has 0 saturated carbocycles. The Kier molecular flexibility index (Phi) is 4.52. The third-order valence-electron chi connectivity index (χ3n) is 3.06. The minimum atomic E-state index is -1.48. The van der Waals surface area contributed by atoms with Crippen molar-refractivity contribution < 1.29 is 19.4 Å². The Balaban J connectivity index is 2.43. The summed E-state index contributed by atoms with van der Waals surface area (Å²) in [5.41, 5.74) is -1.62. The fraction of sp³-hybridized carbons (Fsp3) is 0.917. The van der Waals surface area contributed by atoms with Crippen LogP contribution in [0.2, 0.25) is 0 Å². The number of methoxy groups -OCH3 is 1. The molecular formula is C12H23NO4. The van der Waals surface area contributed by atoms with Crippen LogP contribution in [0.15, 0.2) is 0 Å². The van der Waals surface area contributed by atoms with Gasteiger partial charge < -0.3 is 19.9 Å². The lowest BCUT2D eigenvalue weighted by molar-refractivity contribution is -0.160. The summed E-state index contributed by atoms with van der Waals surface area (Å²) in [6.07, 6.45) is 1.75. The first-order valence-electron chi connectivity index (χ1n) is 5.95. The van der Waals surface area contributed by atoms with Gasteiger partial charge in [0.1, 0.15) is 0 Å². The molecule has 2 N–H and O–H groups in total. The van der Waals surface area contributed by atoms with Gasteiger partial charge in [0.15, 0.2) is 5.60 Å². The zero-order chi connectivity index (χ0) is 13.1. The first kappa shape index (κ1) is 14.4. The van der Waals surface area contributed by atoms with E-state index in [1.54, 1.807) is 0 Å². The van der Waals surface area contributed by atoms with Crippen molar-refractivity contribution in [3.63, 3.8) is 0 Å². The van der Waals surface area contributed by atoms with Crippen LogP contribution in [0.3, 0.4) is 0 Å². The van der Waals surface area contributed by atoms with Crippen LogP contribution in [-0.2, 0) is 14.3 Å². The molecule has 0 aliphatic carbocycles. The highest BCUT2D eigenvalue weighted by Crippen LogP contribution is 2.24. The lowest BCUT2D eigenvalue weighted by Gasteiger charge is -2.37. The van der Waals surface area contributed by atoms with Crippen molar-refractivity contribution in [2.24, 2.45) is 0 Å². The molecule has 1 heterocycles. The SMILES string of the molecule is COC(=O)C(C)(O)CNC1CCOC(C)(C)C1. The number of hydrogen-bond acceptors (Lipinski definition) is 5. The molecule has 0 aromatic rings. The highest BCUT2D eigenvalue weighted by Gasteiger charge is 2.34. The zero-order valence-corrected chi connectivity index (χ0v) is 11.1. The second kappa shape index (κ2) is 5.33. The van der Waals surface area contributed by atoms with Crippen molar-refractivity contribution >= 4 is 5.97 Å². The molecule has 1 aliphatic heterocycles. The maximum atomic E-state index is 11.3. The quantitative estimate of drug-likeness (QED) is 0.704. The van der Waals surface area contributed by atoms with E-state index in [2.05, 4.69) is 10.1 Å². The Morgan fingerprint density at radius 1 is 1.65 bits per heavy atom. The van der Waals surface area contributed by atoms with Gasteiger partial charge in [0.05, 0.1) is 12.7 Å². The molecule has 0 radical (unpaired) electrons. The molecule has 0 amide bonds. The van der Waals surface area contributed by atoms with E-state index in [1.165, 1.54) is 14.0 Å². The number of ether oxygens (including phenoxy) is 2. The third-order valence-corrected chi connectivity index (χ3v) is 3.06. The summed E-state index contributed by atoms with van der Waals surface area (Å²) in [4.78, 5) is 11.3. The Hall–Kier alpha value is -0.650. The van der Waals surface area contributed by atoms with E-state index >= 15 is 0 Å². The molecule has 0 aromatic carbocycles. The van der Waals surface area contributed by atoms with Gasteiger partial charge in [-0.2, -0.15) is 0 Å². The number of nitrogens with one attached hydrogen (secondary N) is 1. The average Bonchev–Trinajstić information content (AvgIpc) is 2.24. The molecule has 100 valence electrons. The van der Waals surface area contributed by atoms with Gasteiger partial charge in [-0.25, -0.2) is 4.79 Å². The molecule has 1 rings (SSSR count). The van der Waals surface area contributed by atoms with E-state index in [-0.39, 0.29) is 18.2 Å². The van der Waals surface area contributed by atoms with Gasteiger partial charge in [-0.05, 0) is 33.6 Å². The average molecular weight is 245 g/mol. The van der Waals surface area contributed by atoms with Crippen molar-refractivity contribution in [2.45, 2.75) is 50.9 Å². The van der Waals surface area contributed by atoms with Gasteiger partial charge in [-0.15, -0.1) is 0 Å². The van der Waals surface area contributed by atoms with Gasteiger partial charge >= 0.3 is 5.97 Å². The van der Waals surface area contributed by atoms with Crippen molar-refractivity contribution in [1.29, 1.82) is 0 Å². The second-order valence-electron chi connectivity index (χ2n) is 5.44. The number of rotatable bonds is 4. The maximum absolute atomic E-state index is 11.3. The number of carbonyl (C=O) groups excluding carboxylic acids is 1. The van der Waals surface area contributed by atoms with Crippen LogP contribution in [0.25, 0.3) is 0 Å². The zero-order valence-electron chi connectivity index (χ0n) is 11.1. The van der Waals surface area contributed by atoms with Crippen molar-refractivity contribution in [1.82, 2.24) is 5.32 Å².